The molecule has 0 unspecified atom stereocenters. The van der Waals surface area contributed by atoms with E-state index in [4.69, 9.17) is 16.3 Å². The number of hydrogen-bond donors (Lipinski definition) is 1. The SMILES string of the molecule is C#CCOCCn1cc(C(=O)O)nn1. The number of aromatic nitrogens is 3. The summed E-state index contributed by atoms with van der Waals surface area (Å²) in [7, 11) is 0. The van der Waals surface area contributed by atoms with Gasteiger partial charge in [-0.15, -0.1) is 11.5 Å². The number of carboxylic acid groups (broad SMARTS) is 1. The Hall–Kier alpha value is -1.87. The predicted molar refractivity (Wildman–Crippen MR) is 46.6 cm³/mol. The van der Waals surface area contributed by atoms with E-state index in [1.807, 2.05) is 0 Å². The van der Waals surface area contributed by atoms with Crippen molar-refractivity contribution >= 4 is 5.97 Å². The van der Waals surface area contributed by atoms with Gasteiger partial charge in [-0.2, -0.15) is 0 Å². The van der Waals surface area contributed by atoms with Crippen LogP contribution in [0.25, 0.3) is 0 Å². The van der Waals surface area contributed by atoms with Gasteiger partial charge in [0.2, 0.25) is 0 Å². The second kappa shape index (κ2) is 4.99. The van der Waals surface area contributed by atoms with Gasteiger partial charge in [0.25, 0.3) is 0 Å². The Kier molecular flexibility index (Phi) is 3.64. The summed E-state index contributed by atoms with van der Waals surface area (Å²) < 4.78 is 6.37. The summed E-state index contributed by atoms with van der Waals surface area (Å²) in [5.74, 6) is 1.22. The van der Waals surface area contributed by atoms with Crippen LogP contribution >= 0.6 is 0 Å². The van der Waals surface area contributed by atoms with E-state index < -0.39 is 5.97 Å². The molecule has 0 spiro atoms. The number of rotatable bonds is 5. The van der Waals surface area contributed by atoms with E-state index in [2.05, 4.69) is 16.2 Å². The van der Waals surface area contributed by atoms with Crippen LogP contribution in [0.15, 0.2) is 6.20 Å². The smallest absolute Gasteiger partial charge is 0.358 e. The molecule has 0 aliphatic heterocycles. The summed E-state index contributed by atoms with van der Waals surface area (Å²) in [6, 6.07) is 0. The average Bonchev–Trinajstić information content (AvgIpc) is 2.61. The van der Waals surface area contributed by atoms with Crippen molar-refractivity contribution < 1.29 is 14.6 Å². The van der Waals surface area contributed by atoms with Gasteiger partial charge in [-0.05, 0) is 0 Å². The van der Waals surface area contributed by atoms with Gasteiger partial charge in [-0.25, -0.2) is 9.48 Å². The molecular weight excluding hydrogens is 186 g/mol. The van der Waals surface area contributed by atoms with Crippen molar-refractivity contribution in [3.63, 3.8) is 0 Å². The number of ether oxygens (including phenoxy) is 1. The first-order chi connectivity index (χ1) is 6.74. The third kappa shape index (κ3) is 2.88. The molecule has 0 aliphatic rings. The van der Waals surface area contributed by atoms with Crippen molar-refractivity contribution in [1.29, 1.82) is 0 Å². The van der Waals surface area contributed by atoms with E-state index in [1.165, 1.54) is 10.9 Å². The minimum atomic E-state index is -1.10. The highest BCUT2D eigenvalue weighted by molar-refractivity contribution is 5.84. The van der Waals surface area contributed by atoms with E-state index in [-0.39, 0.29) is 12.3 Å². The maximum atomic E-state index is 10.4. The lowest BCUT2D eigenvalue weighted by Gasteiger charge is -1.98. The fourth-order valence-corrected chi connectivity index (χ4v) is 0.795. The highest BCUT2D eigenvalue weighted by Gasteiger charge is 2.07. The molecule has 0 saturated carbocycles. The van der Waals surface area contributed by atoms with Gasteiger partial charge in [0, 0.05) is 0 Å². The van der Waals surface area contributed by atoms with Crippen molar-refractivity contribution in [2.75, 3.05) is 13.2 Å². The maximum absolute atomic E-state index is 10.4. The van der Waals surface area contributed by atoms with E-state index in [9.17, 15) is 4.79 Å². The third-order valence-corrected chi connectivity index (χ3v) is 1.41. The van der Waals surface area contributed by atoms with Crippen LogP contribution in [0, 0.1) is 12.3 Å². The third-order valence-electron chi connectivity index (χ3n) is 1.41. The summed E-state index contributed by atoms with van der Waals surface area (Å²) in [4.78, 5) is 10.4. The second-order valence-corrected chi connectivity index (χ2v) is 2.43. The van der Waals surface area contributed by atoms with Gasteiger partial charge >= 0.3 is 5.97 Å². The summed E-state index contributed by atoms with van der Waals surface area (Å²) in [6.45, 7) is 1.05. The molecule has 0 aromatic carbocycles. The molecule has 1 N–H and O–H groups in total. The number of carbonyl (C=O) groups is 1. The topological polar surface area (TPSA) is 77.2 Å². The summed E-state index contributed by atoms with van der Waals surface area (Å²) in [5, 5.41) is 15.6. The molecule has 1 aromatic heterocycles. The first kappa shape index (κ1) is 10.2. The molecule has 0 saturated heterocycles. The van der Waals surface area contributed by atoms with Crippen molar-refractivity contribution in [2.24, 2.45) is 0 Å². The van der Waals surface area contributed by atoms with Crippen LogP contribution in [0.3, 0.4) is 0 Å². The van der Waals surface area contributed by atoms with E-state index in [1.54, 1.807) is 0 Å². The number of terminal acetylenes is 1. The van der Waals surface area contributed by atoms with Crippen LogP contribution < -0.4 is 0 Å². The molecular formula is C8H9N3O3. The molecule has 1 aromatic rings. The quantitative estimate of drug-likeness (QED) is 0.512. The van der Waals surface area contributed by atoms with Crippen LogP contribution in [-0.4, -0.2) is 39.3 Å². The number of aromatic carboxylic acids is 1. The lowest BCUT2D eigenvalue weighted by atomic mass is 10.5. The highest BCUT2D eigenvalue weighted by Crippen LogP contribution is 1.92. The number of carboxylic acids is 1. The van der Waals surface area contributed by atoms with Crippen molar-refractivity contribution in [3.05, 3.63) is 11.9 Å². The van der Waals surface area contributed by atoms with Crippen molar-refractivity contribution in [3.8, 4) is 12.3 Å². The fraction of sp³-hybridized carbons (Fsp3) is 0.375. The number of hydrogen-bond acceptors (Lipinski definition) is 4. The summed E-state index contributed by atoms with van der Waals surface area (Å²) in [6.07, 6.45) is 6.30. The fourth-order valence-electron chi connectivity index (χ4n) is 0.795. The Labute approximate surface area is 80.5 Å². The first-order valence-corrected chi connectivity index (χ1v) is 3.88. The van der Waals surface area contributed by atoms with E-state index in [0.29, 0.717) is 13.2 Å². The monoisotopic (exact) mass is 195 g/mol. The van der Waals surface area contributed by atoms with E-state index >= 15 is 0 Å². The second-order valence-electron chi connectivity index (χ2n) is 2.43. The lowest BCUT2D eigenvalue weighted by Crippen LogP contribution is -2.06. The van der Waals surface area contributed by atoms with Gasteiger partial charge in [-0.1, -0.05) is 11.1 Å². The molecule has 0 atom stereocenters. The Morgan fingerprint density at radius 2 is 2.57 bits per heavy atom. The average molecular weight is 195 g/mol. The molecule has 0 bridgehead atoms. The summed E-state index contributed by atoms with van der Waals surface area (Å²) in [5.41, 5.74) is -0.0815. The standard InChI is InChI=1S/C8H9N3O3/c1-2-4-14-5-3-11-6-7(8(12)13)9-10-11/h1,6H,3-5H2,(H,12,13). The van der Waals surface area contributed by atoms with Gasteiger partial charge in [0.15, 0.2) is 5.69 Å². The molecule has 6 nitrogen and oxygen atoms in total. The van der Waals surface area contributed by atoms with Crippen molar-refractivity contribution in [1.82, 2.24) is 15.0 Å². The molecule has 0 radical (unpaired) electrons. The molecule has 14 heavy (non-hydrogen) atoms. The molecule has 0 amide bonds. The van der Waals surface area contributed by atoms with Gasteiger partial charge in [-0.3, -0.25) is 0 Å². The van der Waals surface area contributed by atoms with Crippen LogP contribution in [0.2, 0.25) is 0 Å². The van der Waals surface area contributed by atoms with Gasteiger partial charge < -0.3 is 9.84 Å². The molecule has 1 rings (SSSR count). The Bertz CT molecular complexity index is 353. The zero-order chi connectivity index (χ0) is 10.4. The molecule has 0 aliphatic carbocycles. The molecule has 1 heterocycles. The normalized spacial score (nSPS) is 9.64. The van der Waals surface area contributed by atoms with Crippen molar-refractivity contribution in [2.45, 2.75) is 6.54 Å². The lowest BCUT2D eigenvalue weighted by molar-refractivity contribution is 0.0690. The maximum Gasteiger partial charge on any atom is 0.358 e. The predicted octanol–water partition coefficient (Wildman–Crippen LogP) is -0.374. The Balaban J connectivity index is 2.37. The molecule has 0 fully saturated rings. The highest BCUT2D eigenvalue weighted by atomic mass is 16.5. The zero-order valence-electron chi connectivity index (χ0n) is 7.38. The largest absolute Gasteiger partial charge is 0.476 e. The molecule has 74 valence electrons. The van der Waals surface area contributed by atoms with Gasteiger partial charge in [0.05, 0.1) is 19.3 Å². The minimum absolute atomic E-state index is 0.0815. The zero-order valence-corrected chi connectivity index (χ0v) is 7.38. The van der Waals surface area contributed by atoms with Gasteiger partial charge in [0.1, 0.15) is 6.61 Å². The first-order valence-electron chi connectivity index (χ1n) is 3.88. The summed E-state index contributed by atoms with van der Waals surface area (Å²) >= 11 is 0. The van der Waals surface area contributed by atoms with Crippen LogP contribution in [-0.2, 0) is 11.3 Å². The Morgan fingerprint density at radius 3 is 3.14 bits per heavy atom. The van der Waals surface area contributed by atoms with Crippen LogP contribution in [0.4, 0.5) is 0 Å². The number of nitrogens with zero attached hydrogens (tertiary/aromatic N) is 3. The minimum Gasteiger partial charge on any atom is -0.476 e. The molecule has 6 heteroatoms. The Morgan fingerprint density at radius 1 is 1.79 bits per heavy atom. The van der Waals surface area contributed by atoms with Crippen LogP contribution in [0.5, 0.6) is 0 Å². The van der Waals surface area contributed by atoms with E-state index in [0.717, 1.165) is 0 Å². The van der Waals surface area contributed by atoms with Crippen LogP contribution in [0.1, 0.15) is 10.5 Å².